The third-order valence-electron chi connectivity index (χ3n) is 3.52. The van der Waals surface area contributed by atoms with Crippen LogP contribution in [0, 0.1) is 11.8 Å². The summed E-state index contributed by atoms with van der Waals surface area (Å²) >= 11 is 0. The Morgan fingerprint density at radius 1 is 1.40 bits per heavy atom. The third-order valence-corrected chi connectivity index (χ3v) is 5.31. The van der Waals surface area contributed by atoms with Crippen LogP contribution >= 0.6 is 0 Å². The molecule has 3 unspecified atom stereocenters. The molecule has 3 atom stereocenters. The highest BCUT2D eigenvalue weighted by Crippen LogP contribution is 2.27. The fourth-order valence-corrected chi connectivity index (χ4v) is 4.16. The van der Waals surface area contributed by atoms with Crippen LogP contribution in [0.15, 0.2) is 0 Å². The number of nitrogens with one attached hydrogen (secondary N) is 1. The van der Waals surface area contributed by atoms with Crippen LogP contribution in [0.1, 0.15) is 33.6 Å². The predicted molar refractivity (Wildman–Crippen MR) is 63.7 cm³/mol. The molecule has 1 saturated heterocycles. The molecule has 0 bridgehead atoms. The van der Waals surface area contributed by atoms with Crippen molar-refractivity contribution in [1.82, 2.24) is 5.32 Å². The van der Waals surface area contributed by atoms with Gasteiger partial charge < -0.3 is 5.32 Å². The minimum atomic E-state index is -2.72. The Hall–Kier alpha value is -0.0900. The monoisotopic (exact) mass is 233 g/mol. The van der Waals surface area contributed by atoms with Gasteiger partial charge in [0.1, 0.15) is 0 Å². The molecule has 0 aromatic carbocycles. The molecule has 1 rings (SSSR count). The van der Waals surface area contributed by atoms with E-state index in [1.54, 1.807) is 0 Å². The van der Waals surface area contributed by atoms with Crippen LogP contribution in [0.25, 0.3) is 0 Å². The van der Waals surface area contributed by atoms with E-state index in [0.29, 0.717) is 29.4 Å². The van der Waals surface area contributed by atoms with Gasteiger partial charge in [-0.15, -0.1) is 0 Å². The molecule has 0 aliphatic carbocycles. The van der Waals surface area contributed by atoms with Crippen molar-refractivity contribution in [2.45, 2.75) is 39.7 Å². The van der Waals surface area contributed by atoms with Crippen LogP contribution < -0.4 is 5.32 Å². The highest BCUT2D eigenvalue weighted by molar-refractivity contribution is 7.91. The van der Waals surface area contributed by atoms with Gasteiger partial charge in [-0.05, 0) is 38.1 Å². The molecule has 0 spiro atoms. The Kier molecular flexibility index (Phi) is 4.59. The van der Waals surface area contributed by atoms with Gasteiger partial charge in [-0.3, -0.25) is 0 Å². The van der Waals surface area contributed by atoms with Crippen molar-refractivity contribution in [1.29, 1.82) is 0 Å². The largest absolute Gasteiger partial charge is 0.314 e. The molecular weight excluding hydrogens is 210 g/mol. The maximum atomic E-state index is 11.4. The second-order valence-corrected chi connectivity index (χ2v) is 6.99. The quantitative estimate of drug-likeness (QED) is 0.781. The van der Waals surface area contributed by atoms with Gasteiger partial charge in [0.25, 0.3) is 0 Å². The molecule has 0 aromatic heterocycles. The van der Waals surface area contributed by atoms with Crippen LogP contribution in [0.4, 0.5) is 0 Å². The van der Waals surface area contributed by atoms with Crippen molar-refractivity contribution in [2.75, 3.05) is 18.1 Å². The summed E-state index contributed by atoms with van der Waals surface area (Å²) in [5, 5.41) is 3.44. The molecular formula is C11H23NO2S. The summed E-state index contributed by atoms with van der Waals surface area (Å²) in [7, 11) is -2.72. The second-order valence-electron chi connectivity index (χ2n) is 4.77. The summed E-state index contributed by atoms with van der Waals surface area (Å²) < 4.78 is 22.7. The lowest BCUT2D eigenvalue weighted by Crippen LogP contribution is -2.36. The van der Waals surface area contributed by atoms with Gasteiger partial charge in [0.05, 0.1) is 11.5 Å². The fraction of sp³-hybridized carbons (Fsp3) is 1.00. The molecule has 1 aliphatic rings. The highest BCUT2D eigenvalue weighted by Gasteiger charge is 2.33. The predicted octanol–water partition coefficient (Wildman–Crippen LogP) is 1.45. The first-order valence-corrected chi connectivity index (χ1v) is 7.72. The maximum absolute atomic E-state index is 11.4. The zero-order valence-corrected chi connectivity index (χ0v) is 10.8. The van der Waals surface area contributed by atoms with Crippen LogP contribution in [-0.2, 0) is 9.84 Å². The van der Waals surface area contributed by atoms with Gasteiger partial charge >= 0.3 is 0 Å². The highest BCUT2D eigenvalue weighted by atomic mass is 32.2. The molecule has 0 aromatic rings. The number of sulfone groups is 1. The average Bonchev–Trinajstić information content (AvgIpc) is 2.54. The first-order chi connectivity index (χ1) is 6.96. The summed E-state index contributed by atoms with van der Waals surface area (Å²) in [5.74, 6) is 1.60. The lowest BCUT2D eigenvalue weighted by molar-refractivity contribution is 0.303. The minimum Gasteiger partial charge on any atom is -0.314 e. The molecule has 1 fully saturated rings. The summed E-state index contributed by atoms with van der Waals surface area (Å²) in [5.41, 5.74) is 0. The second kappa shape index (κ2) is 5.30. The van der Waals surface area contributed by atoms with Gasteiger partial charge in [-0.1, -0.05) is 13.8 Å². The van der Waals surface area contributed by atoms with Crippen molar-refractivity contribution in [3.8, 4) is 0 Å². The van der Waals surface area contributed by atoms with E-state index in [4.69, 9.17) is 0 Å². The summed E-state index contributed by atoms with van der Waals surface area (Å²) in [6, 6.07) is 0.420. The fourth-order valence-electron chi connectivity index (χ4n) is 2.20. The van der Waals surface area contributed by atoms with Crippen LogP contribution in [0.5, 0.6) is 0 Å². The van der Waals surface area contributed by atoms with Crippen LogP contribution in [0.3, 0.4) is 0 Å². The Bertz CT molecular complexity index is 287. The Morgan fingerprint density at radius 2 is 2.07 bits per heavy atom. The van der Waals surface area contributed by atoms with Crippen molar-refractivity contribution in [2.24, 2.45) is 11.8 Å². The van der Waals surface area contributed by atoms with E-state index in [1.807, 2.05) is 0 Å². The Balaban J connectivity index is 2.43. The maximum Gasteiger partial charge on any atom is 0.150 e. The van der Waals surface area contributed by atoms with Gasteiger partial charge in [0, 0.05) is 6.04 Å². The molecule has 3 nitrogen and oxygen atoms in total. The molecule has 1 N–H and O–H groups in total. The van der Waals surface area contributed by atoms with E-state index in [0.717, 1.165) is 19.4 Å². The molecule has 4 heteroatoms. The first-order valence-electron chi connectivity index (χ1n) is 5.90. The van der Waals surface area contributed by atoms with E-state index in [9.17, 15) is 8.42 Å². The van der Waals surface area contributed by atoms with Crippen molar-refractivity contribution in [3.05, 3.63) is 0 Å². The standard InChI is InChI=1S/C11H23NO2S/c1-4-6-12-10(3)9(2)11-5-7-15(13,14)8-11/h9-12H,4-8H2,1-3H3. The molecule has 1 aliphatic heterocycles. The number of hydrogen-bond acceptors (Lipinski definition) is 3. The molecule has 15 heavy (non-hydrogen) atoms. The zero-order chi connectivity index (χ0) is 11.5. The molecule has 90 valence electrons. The molecule has 0 saturated carbocycles. The zero-order valence-electron chi connectivity index (χ0n) is 9.99. The van der Waals surface area contributed by atoms with E-state index in [-0.39, 0.29) is 0 Å². The van der Waals surface area contributed by atoms with E-state index in [1.165, 1.54) is 0 Å². The third kappa shape index (κ3) is 3.76. The van der Waals surface area contributed by atoms with Gasteiger partial charge in [0.15, 0.2) is 9.84 Å². The SMILES string of the molecule is CCCNC(C)C(C)C1CCS(=O)(=O)C1. The van der Waals surface area contributed by atoms with Crippen molar-refractivity contribution in [3.63, 3.8) is 0 Å². The van der Waals surface area contributed by atoms with E-state index >= 15 is 0 Å². The van der Waals surface area contributed by atoms with Crippen molar-refractivity contribution >= 4 is 9.84 Å². The Labute approximate surface area is 93.6 Å². The summed E-state index contributed by atoms with van der Waals surface area (Å²) in [4.78, 5) is 0. The summed E-state index contributed by atoms with van der Waals surface area (Å²) in [6.45, 7) is 7.49. The molecule has 0 amide bonds. The van der Waals surface area contributed by atoms with Gasteiger partial charge in [0.2, 0.25) is 0 Å². The molecule has 0 radical (unpaired) electrons. The molecule has 1 heterocycles. The topological polar surface area (TPSA) is 46.2 Å². The summed E-state index contributed by atoms with van der Waals surface area (Å²) in [6.07, 6.45) is 1.97. The minimum absolute atomic E-state index is 0.356. The van der Waals surface area contributed by atoms with Crippen LogP contribution in [0.2, 0.25) is 0 Å². The number of rotatable bonds is 5. The average molecular weight is 233 g/mol. The van der Waals surface area contributed by atoms with Gasteiger partial charge in [-0.2, -0.15) is 0 Å². The lowest BCUT2D eigenvalue weighted by atomic mass is 9.88. The van der Waals surface area contributed by atoms with Crippen molar-refractivity contribution < 1.29 is 8.42 Å². The van der Waals surface area contributed by atoms with E-state index < -0.39 is 9.84 Å². The number of hydrogen-bond donors (Lipinski definition) is 1. The van der Waals surface area contributed by atoms with E-state index in [2.05, 4.69) is 26.1 Å². The normalized spacial score (nSPS) is 28.9. The smallest absolute Gasteiger partial charge is 0.150 e. The Morgan fingerprint density at radius 3 is 2.53 bits per heavy atom. The lowest BCUT2D eigenvalue weighted by Gasteiger charge is -2.25. The van der Waals surface area contributed by atoms with Crippen LogP contribution in [-0.4, -0.2) is 32.5 Å². The first kappa shape index (κ1) is 13.0. The van der Waals surface area contributed by atoms with Gasteiger partial charge in [-0.25, -0.2) is 8.42 Å².